The summed E-state index contributed by atoms with van der Waals surface area (Å²) in [5, 5.41) is 0.878. The molecular formula is C14H20BrN3O. The van der Waals surface area contributed by atoms with E-state index in [0.717, 1.165) is 24.7 Å². The van der Waals surface area contributed by atoms with E-state index < -0.39 is 0 Å². The van der Waals surface area contributed by atoms with Crippen LogP contribution in [0.25, 0.3) is 0 Å². The van der Waals surface area contributed by atoms with Crippen molar-refractivity contribution >= 4 is 21.7 Å². The average Bonchev–Trinajstić information content (AvgIpc) is 3.12. The number of hydrogen-bond donors (Lipinski definition) is 0. The number of rotatable bonds is 5. The molecule has 0 saturated heterocycles. The van der Waals surface area contributed by atoms with E-state index in [2.05, 4.69) is 25.8 Å². The summed E-state index contributed by atoms with van der Waals surface area (Å²) in [5.41, 5.74) is 0.0952. The number of anilines is 1. The lowest BCUT2D eigenvalue weighted by Crippen LogP contribution is -2.40. The van der Waals surface area contributed by atoms with Gasteiger partial charge >= 0.3 is 0 Å². The Kier molecular flexibility index (Phi) is 3.91. The minimum Gasteiger partial charge on any atom is -0.348 e. The van der Waals surface area contributed by atoms with Crippen LogP contribution in [0.1, 0.15) is 44.6 Å². The fourth-order valence-corrected chi connectivity index (χ4v) is 3.40. The fraction of sp³-hybridized carbons (Fsp3) is 0.714. The van der Waals surface area contributed by atoms with Crippen molar-refractivity contribution in [1.29, 1.82) is 0 Å². The van der Waals surface area contributed by atoms with Crippen molar-refractivity contribution in [3.63, 3.8) is 0 Å². The van der Waals surface area contributed by atoms with Gasteiger partial charge in [-0.2, -0.15) is 0 Å². The predicted molar refractivity (Wildman–Crippen MR) is 80.2 cm³/mol. The van der Waals surface area contributed by atoms with Crippen LogP contribution in [0.4, 0.5) is 5.82 Å². The van der Waals surface area contributed by atoms with E-state index in [0.29, 0.717) is 17.9 Å². The molecule has 0 amide bonds. The third-order valence-electron chi connectivity index (χ3n) is 4.15. The molecular weight excluding hydrogens is 306 g/mol. The maximum atomic E-state index is 12.6. The molecule has 0 N–H and O–H groups in total. The van der Waals surface area contributed by atoms with Gasteiger partial charge in [-0.15, -0.1) is 0 Å². The van der Waals surface area contributed by atoms with Crippen LogP contribution in [0.2, 0.25) is 0 Å². The zero-order chi connectivity index (χ0) is 13.2. The second-order valence-electron chi connectivity index (χ2n) is 5.52. The van der Waals surface area contributed by atoms with Crippen molar-refractivity contribution in [3.05, 3.63) is 22.7 Å². The molecule has 104 valence electrons. The van der Waals surface area contributed by atoms with E-state index >= 15 is 0 Å². The quantitative estimate of drug-likeness (QED) is 0.781. The Morgan fingerprint density at radius 2 is 2.05 bits per heavy atom. The second-order valence-corrected chi connectivity index (χ2v) is 6.31. The minimum absolute atomic E-state index is 0.0952. The number of hydrogen-bond acceptors (Lipinski definition) is 3. The molecule has 2 fully saturated rings. The van der Waals surface area contributed by atoms with Crippen LogP contribution in [-0.4, -0.2) is 27.5 Å². The Morgan fingerprint density at radius 3 is 2.68 bits per heavy atom. The number of aromatic nitrogens is 2. The highest BCUT2D eigenvalue weighted by molar-refractivity contribution is 9.09. The van der Waals surface area contributed by atoms with Crippen molar-refractivity contribution < 1.29 is 0 Å². The molecule has 0 unspecified atom stereocenters. The lowest BCUT2D eigenvalue weighted by molar-refractivity contribution is 0.601. The first-order valence-electron chi connectivity index (χ1n) is 7.21. The topological polar surface area (TPSA) is 38.1 Å². The Hall–Kier alpha value is -0.840. The third kappa shape index (κ3) is 2.71. The number of alkyl halides is 1. The largest absolute Gasteiger partial charge is 0.348 e. The van der Waals surface area contributed by atoms with Gasteiger partial charge in [-0.25, -0.2) is 4.98 Å². The van der Waals surface area contributed by atoms with Crippen LogP contribution in [0.3, 0.4) is 0 Å². The van der Waals surface area contributed by atoms with E-state index in [1.165, 1.54) is 25.7 Å². The highest BCUT2D eigenvalue weighted by atomic mass is 79.9. The van der Waals surface area contributed by atoms with Crippen LogP contribution >= 0.6 is 15.9 Å². The molecule has 0 aromatic carbocycles. The van der Waals surface area contributed by atoms with Crippen molar-refractivity contribution in [2.45, 2.75) is 50.6 Å². The van der Waals surface area contributed by atoms with Gasteiger partial charge < -0.3 is 9.47 Å². The van der Waals surface area contributed by atoms with Crippen LogP contribution in [0, 0.1) is 0 Å². The van der Waals surface area contributed by atoms with Crippen molar-refractivity contribution in [2.75, 3.05) is 16.8 Å². The van der Waals surface area contributed by atoms with Gasteiger partial charge in [0.2, 0.25) is 0 Å². The molecule has 19 heavy (non-hydrogen) atoms. The summed E-state index contributed by atoms with van der Waals surface area (Å²) in [6, 6.07) is 0.913. The smallest absolute Gasteiger partial charge is 0.293 e. The lowest BCUT2D eigenvalue weighted by Gasteiger charge is -2.29. The Bertz CT molecular complexity index is 492. The molecule has 0 bridgehead atoms. The first-order chi connectivity index (χ1) is 9.31. The highest BCUT2D eigenvalue weighted by Gasteiger charge is 2.29. The van der Waals surface area contributed by atoms with Gasteiger partial charge in [0.25, 0.3) is 5.56 Å². The first kappa shape index (κ1) is 13.2. The molecule has 5 heteroatoms. The molecule has 1 aromatic rings. The van der Waals surface area contributed by atoms with E-state index in [4.69, 9.17) is 0 Å². The van der Waals surface area contributed by atoms with Gasteiger partial charge in [0, 0.05) is 36.4 Å². The van der Waals surface area contributed by atoms with Crippen LogP contribution in [0.15, 0.2) is 17.2 Å². The molecule has 1 aromatic heterocycles. The van der Waals surface area contributed by atoms with Gasteiger partial charge in [0.05, 0.1) is 0 Å². The Labute approximate surface area is 122 Å². The molecule has 1 heterocycles. The molecule has 0 atom stereocenters. The van der Waals surface area contributed by atoms with E-state index in [1.54, 1.807) is 6.20 Å². The number of nitrogens with zero attached hydrogens (tertiary/aromatic N) is 3. The monoisotopic (exact) mass is 325 g/mol. The second kappa shape index (κ2) is 5.65. The normalized spacial score (nSPS) is 19.8. The van der Waals surface area contributed by atoms with Gasteiger partial charge in [0.15, 0.2) is 5.82 Å². The van der Waals surface area contributed by atoms with Crippen molar-refractivity contribution in [1.82, 2.24) is 9.55 Å². The van der Waals surface area contributed by atoms with Gasteiger partial charge in [0.1, 0.15) is 0 Å². The SMILES string of the molecule is O=c1c(N(CCBr)C2CCCC2)nccn1C1CC1. The van der Waals surface area contributed by atoms with E-state index in [-0.39, 0.29) is 5.56 Å². The summed E-state index contributed by atoms with van der Waals surface area (Å²) in [7, 11) is 0. The molecule has 2 aliphatic rings. The maximum Gasteiger partial charge on any atom is 0.293 e. The summed E-state index contributed by atoms with van der Waals surface area (Å²) in [6.45, 7) is 0.863. The summed E-state index contributed by atoms with van der Waals surface area (Å²) in [6.07, 6.45) is 10.8. The summed E-state index contributed by atoms with van der Waals surface area (Å²) >= 11 is 3.50. The molecule has 2 aliphatic carbocycles. The lowest BCUT2D eigenvalue weighted by atomic mass is 10.2. The van der Waals surface area contributed by atoms with Gasteiger partial charge in [-0.1, -0.05) is 28.8 Å². The number of halogens is 1. The molecule has 3 rings (SSSR count). The van der Waals surface area contributed by atoms with Crippen LogP contribution in [0.5, 0.6) is 0 Å². The summed E-state index contributed by atoms with van der Waals surface area (Å²) < 4.78 is 1.87. The minimum atomic E-state index is 0.0952. The van der Waals surface area contributed by atoms with Gasteiger partial charge in [-0.3, -0.25) is 4.79 Å². The van der Waals surface area contributed by atoms with E-state index in [9.17, 15) is 4.79 Å². The molecule has 0 radical (unpaired) electrons. The summed E-state index contributed by atoms with van der Waals surface area (Å²) in [4.78, 5) is 19.2. The van der Waals surface area contributed by atoms with Crippen LogP contribution in [-0.2, 0) is 0 Å². The molecule has 4 nitrogen and oxygen atoms in total. The van der Waals surface area contributed by atoms with Crippen LogP contribution < -0.4 is 10.5 Å². The third-order valence-corrected chi connectivity index (χ3v) is 4.51. The van der Waals surface area contributed by atoms with Crippen molar-refractivity contribution in [3.8, 4) is 0 Å². The zero-order valence-electron chi connectivity index (χ0n) is 11.1. The summed E-state index contributed by atoms with van der Waals surface area (Å²) in [5.74, 6) is 0.653. The zero-order valence-corrected chi connectivity index (χ0v) is 12.7. The van der Waals surface area contributed by atoms with Crippen molar-refractivity contribution in [2.24, 2.45) is 0 Å². The molecule has 0 spiro atoms. The molecule has 2 saturated carbocycles. The van der Waals surface area contributed by atoms with E-state index in [1.807, 2.05) is 10.8 Å². The average molecular weight is 326 g/mol. The predicted octanol–water partition coefficient (Wildman–Crippen LogP) is 2.72. The molecule has 0 aliphatic heterocycles. The Balaban J connectivity index is 1.92. The standard InChI is InChI=1S/C14H20BrN3O/c15-7-9-17(11-3-1-2-4-11)13-14(19)18(10-8-16-13)12-5-6-12/h8,10-12H,1-7,9H2. The highest BCUT2D eigenvalue weighted by Crippen LogP contribution is 2.33. The van der Waals surface area contributed by atoms with Gasteiger partial charge in [-0.05, 0) is 25.7 Å². The Morgan fingerprint density at radius 1 is 1.32 bits per heavy atom. The fourth-order valence-electron chi connectivity index (χ4n) is 3.02. The maximum absolute atomic E-state index is 12.6. The first-order valence-corrected chi connectivity index (χ1v) is 8.33.